The summed E-state index contributed by atoms with van der Waals surface area (Å²) >= 11 is 0. The van der Waals surface area contributed by atoms with Crippen LogP contribution in [0, 0.1) is 0 Å². The normalized spacial score (nSPS) is 10.0. The van der Waals surface area contributed by atoms with Gasteiger partial charge in [-0.15, -0.1) is 0 Å². The van der Waals surface area contributed by atoms with Gasteiger partial charge in [0.05, 0.1) is 13.0 Å². The number of urea groups is 1. The van der Waals surface area contributed by atoms with Gasteiger partial charge in [0.25, 0.3) is 0 Å². The molecule has 0 unspecified atom stereocenters. The van der Waals surface area contributed by atoms with Crippen molar-refractivity contribution in [1.82, 2.24) is 15.3 Å². The number of hydrogen-bond acceptors (Lipinski definition) is 3. The lowest BCUT2D eigenvalue weighted by Crippen LogP contribution is -2.29. The first-order valence-corrected chi connectivity index (χ1v) is 5.98. The first kappa shape index (κ1) is 13.6. The minimum Gasteiger partial charge on any atom is -0.481 e. The molecule has 2 rings (SSSR count). The van der Waals surface area contributed by atoms with E-state index >= 15 is 0 Å². The van der Waals surface area contributed by atoms with Crippen LogP contribution in [0.25, 0.3) is 0 Å². The molecule has 2 amide bonds. The predicted octanol–water partition coefficient (Wildman–Crippen LogP) is 1.36. The van der Waals surface area contributed by atoms with E-state index in [1.165, 1.54) is 0 Å². The summed E-state index contributed by atoms with van der Waals surface area (Å²) in [5, 5.41) is 14.1. The molecule has 0 spiro atoms. The molecule has 2 aromatic rings. The molecule has 7 nitrogen and oxygen atoms in total. The van der Waals surface area contributed by atoms with Crippen LogP contribution in [0.4, 0.5) is 10.5 Å². The Hall–Kier alpha value is -2.83. The molecule has 0 saturated heterocycles. The number of carboxylic acid groups (broad SMARTS) is 1. The number of imidazole rings is 1. The molecule has 1 aromatic heterocycles. The van der Waals surface area contributed by atoms with E-state index in [-0.39, 0.29) is 13.0 Å². The van der Waals surface area contributed by atoms with Gasteiger partial charge in [0.2, 0.25) is 0 Å². The third-order valence-corrected chi connectivity index (χ3v) is 2.58. The highest BCUT2D eigenvalue weighted by Gasteiger charge is 2.09. The van der Waals surface area contributed by atoms with E-state index in [0.717, 1.165) is 0 Å². The van der Waals surface area contributed by atoms with E-state index in [4.69, 9.17) is 5.11 Å². The number of nitrogens with zero attached hydrogens (tertiary/aromatic N) is 1. The molecule has 0 aliphatic rings. The fraction of sp³-hybridized carbons (Fsp3) is 0.154. The highest BCUT2D eigenvalue weighted by atomic mass is 16.4. The lowest BCUT2D eigenvalue weighted by Gasteiger charge is -2.10. The van der Waals surface area contributed by atoms with Crippen LogP contribution >= 0.6 is 0 Å². The van der Waals surface area contributed by atoms with Crippen molar-refractivity contribution >= 4 is 17.7 Å². The number of carbonyl (C=O) groups is 2. The number of anilines is 1. The Balaban J connectivity index is 1.95. The van der Waals surface area contributed by atoms with Gasteiger partial charge >= 0.3 is 12.0 Å². The molecule has 7 heteroatoms. The molecule has 0 bridgehead atoms. The summed E-state index contributed by atoms with van der Waals surface area (Å²) in [4.78, 5) is 29.3. The second kappa shape index (κ2) is 6.37. The van der Waals surface area contributed by atoms with Crippen LogP contribution in [-0.2, 0) is 17.8 Å². The molecule has 0 aliphatic heterocycles. The van der Waals surface area contributed by atoms with Gasteiger partial charge in [-0.05, 0) is 11.6 Å². The number of aromatic amines is 1. The maximum atomic E-state index is 11.7. The smallest absolute Gasteiger partial charge is 0.319 e. The first-order chi connectivity index (χ1) is 9.65. The quantitative estimate of drug-likeness (QED) is 0.660. The highest BCUT2D eigenvalue weighted by molar-refractivity contribution is 5.90. The number of para-hydroxylation sites is 1. The largest absolute Gasteiger partial charge is 0.481 e. The number of hydrogen-bond donors (Lipinski definition) is 4. The SMILES string of the molecule is O=C(O)Cc1ccccc1NC(=O)NCc1ncc[nH]1. The number of rotatable bonds is 5. The van der Waals surface area contributed by atoms with E-state index in [0.29, 0.717) is 17.1 Å². The molecule has 104 valence electrons. The van der Waals surface area contributed by atoms with Gasteiger partial charge in [-0.1, -0.05) is 18.2 Å². The summed E-state index contributed by atoms with van der Waals surface area (Å²) in [6, 6.07) is 6.36. The number of nitrogens with one attached hydrogen (secondary N) is 3. The number of H-pyrrole nitrogens is 1. The predicted molar refractivity (Wildman–Crippen MR) is 72.2 cm³/mol. The van der Waals surface area contributed by atoms with Crippen LogP contribution in [0.1, 0.15) is 11.4 Å². The Labute approximate surface area is 115 Å². The molecule has 0 fully saturated rings. The van der Waals surface area contributed by atoms with Crippen LogP contribution < -0.4 is 10.6 Å². The summed E-state index contributed by atoms with van der Waals surface area (Å²) in [5.74, 6) is -0.311. The Kier molecular flexibility index (Phi) is 4.33. The third-order valence-electron chi connectivity index (χ3n) is 2.58. The van der Waals surface area contributed by atoms with Crippen molar-refractivity contribution in [3.05, 3.63) is 48.0 Å². The molecule has 4 N–H and O–H groups in total. The van der Waals surface area contributed by atoms with Gasteiger partial charge in [-0.2, -0.15) is 0 Å². The van der Waals surface area contributed by atoms with Gasteiger partial charge < -0.3 is 20.7 Å². The number of carboxylic acids is 1. The van der Waals surface area contributed by atoms with Crippen LogP contribution in [0.5, 0.6) is 0 Å². The fourth-order valence-corrected chi connectivity index (χ4v) is 1.68. The number of amides is 2. The summed E-state index contributed by atoms with van der Waals surface area (Å²) in [5.41, 5.74) is 1.03. The molecule has 0 aliphatic carbocycles. The van der Waals surface area contributed by atoms with Crippen molar-refractivity contribution < 1.29 is 14.7 Å². The number of benzene rings is 1. The molecular formula is C13H14N4O3. The molecule has 1 heterocycles. The highest BCUT2D eigenvalue weighted by Crippen LogP contribution is 2.15. The molecule has 1 aromatic carbocycles. The van der Waals surface area contributed by atoms with Crippen molar-refractivity contribution in [2.75, 3.05) is 5.32 Å². The van der Waals surface area contributed by atoms with Crippen molar-refractivity contribution in [3.8, 4) is 0 Å². The summed E-state index contributed by atoms with van der Waals surface area (Å²) in [7, 11) is 0. The lowest BCUT2D eigenvalue weighted by molar-refractivity contribution is -0.136. The van der Waals surface area contributed by atoms with Crippen LogP contribution in [0.2, 0.25) is 0 Å². The minimum absolute atomic E-state index is 0.144. The first-order valence-electron chi connectivity index (χ1n) is 5.98. The number of aliphatic carboxylic acids is 1. The average Bonchev–Trinajstić information content (AvgIpc) is 2.91. The maximum absolute atomic E-state index is 11.7. The maximum Gasteiger partial charge on any atom is 0.319 e. The van der Waals surface area contributed by atoms with Crippen molar-refractivity contribution in [1.29, 1.82) is 0 Å². The monoisotopic (exact) mass is 274 g/mol. The van der Waals surface area contributed by atoms with Gasteiger partial charge in [0.15, 0.2) is 0 Å². The Morgan fingerprint density at radius 1 is 1.30 bits per heavy atom. The summed E-state index contributed by atoms with van der Waals surface area (Å²) in [6.45, 7) is 0.264. The second-order valence-corrected chi connectivity index (χ2v) is 4.07. The van der Waals surface area contributed by atoms with Crippen LogP contribution in [-0.4, -0.2) is 27.1 Å². The standard InChI is InChI=1S/C13H14N4O3/c18-12(19)7-9-3-1-2-4-10(9)17-13(20)16-8-11-14-5-6-15-11/h1-6H,7-8H2,(H,14,15)(H,18,19)(H2,16,17,20). The molecule has 20 heavy (non-hydrogen) atoms. The van der Waals surface area contributed by atoms with Gasteiger partial charge in [0, 0.05) is 18.1 Å². The van der Waals surface area contributed by atoms with Gasteiger partial charge in [0.1, 0.15) is 5.82 Å². The zero-order valence-corrected chi connectivity index (χ0v) is 10.6. The van der Waals surface area contributed by atoms with E-state index < -0.39 is 12.0 Å². The molecular weight excluding hydrogens is 260 g/mol. The summed E-state index contributed by atoms with van der Waals surface area (Å²) in [6.07, 6.45) is 3.11. The van der Waals surface area contributed by atoms with E-state index in [9.17, 15) is 9.59 Å². The molecule has 0 radical (unpaired) electrons. The topological polar surface area (TPSA) is 107 Å². The van der Waals surface area contributed by atoms with Crippen molar-refractivity contribution in [2.45, 2.75) is 13.0 Å². The lowest BCUT2D eigenvalue weighted by atomic mass is 10.1. The zero-order chi connectivity index (χ0) is 14.4. The zero-order valence-electron chi connectivity index (χ0n) is 10.6. The fourth-order valence-electron chi connectivity index (χ4n) is 1.68. The average molecular weight is 274 g/mol. The van der Waals surface area contributed by atoms with Crippen LogP contribution in [0.15, 0.2) is 36.7 Å². The van der Waals surface area contributed by atoms with E-state index in [1.54, 1.807) is 36.7 Å². The molecule has 0 atom stereocenters. The Morgan fingerprint density at radius 3 is 2.80 bits per heavy atom. The van der Waals surface area contributed by atoms with Crippen molar-refractivity contribution in [3.63, 3.8) is 0 Å². The third kappa shape index (κ3) is 3.84. The van der Waals surface area contributed by atoms with Gasteiger partial charge in [-0.3, -0.25) is 4.79 Å². The van der Waals surface area contributed by atoms with Crippen molar-refractivity contribution in [2.24, 2.45) is 0 Å². The van der Waals surface area contributed by atoms with E-state index in [1.807, 2.05) is 0 Å². The molecule has 0 saturated carbocycles. The number of carbonyl (C=O) groups excluding carboxylic acids is 1. The minimum atomic E-state index is -0.949. The summed E-state index contributed by atoms with van der Waals surface area (Å²) < 4.78 is 0. The Morgan fingerprint density at radius 2 is 2.10 bits per heavy atom. The van der Waals surface area contributed by atoms with E-state index in [2.05, 4.69) is 20.6 Å². The Bertz CT molecular complexity index is 595. The second-order valence-electron chi connectivity index (χ2n) is 4.07. The number of aromatic nitrogens is 2. The van der Waals surface area contributed by atoms with Gasteiger partial charge in [-0.25, -0.2) is 9.78 Å². The van der Waals surface area contributed by atoms with Crippen LogP contribution in [0.3, 0.4) is 0 Å².